The second-order valence-electron chi connectivity index (χ2n) is 8.37. The van der Waals surface area contributed by atoms with Gasteiger partial charge < -0.3 is 9.84 Å². The molecule has 4 aliphatic carbocycles. The molecule has 3 nitrogen and oxygen atoms in total. The SMILES string of the molecule is CC1C2CC3CC(OC(=O)C(C)(C)C)(C2)CC1(O)C3. The van der Waals surface area contributed by atoms with Gasteiger partial charge in [0.15, 0.2) is 0 Å². The lowest BCUT2D eigenvalue weighted by molar-refractivity contribution is -0.243. The number of aliphatic hydroxyl groups is 1. The van der Waals surface area contributed by atoms with Crippen LogP contribution in [0.4, 0.5) is 0 Å². The Hall–Kier alpha value is -0.570. The first-order valence-electron chi connectivity index (χ1n) is 7.59. The average molecular weight is 266 g/mol. The highest BCUT2D eigenvalue weighted by molar-refractivity contribution is 5.76. The molecule has 4 rings (SSSR count). The van der Waals surface area contributed by atoms with Gasteiger partial charge in [0, 0.05) is 6.42 Å². The summed E-state index contributed by atoms with van der Waals surface area (Å²) in [4.78, 5) is 12.2. The summed E-state index contributed by atoms with van der Waals surface area (Å²) in [6.45, 7) is 7.86. The lowest BCUT2D eigenvalue weighted by Crippen LogP contribution is -2.64. The Balaban J connectivity index is 1.84. The van der Waals surface area contributed by atoms with E-state index in [1.807, 2.05) is 20.8 Å². The highest BCUT2D eigenvalue weighted by Gasteiger charge is 2.62. The molecule has 5 unspecified atom stereocenters. The zero-order valence-corrected chi connectivity index (χ0v) is 12.5. The van der Waals surface area contributed by atoms with Crippen molar-refractivity contribution in [2.75, 3.05) is 0 Å². The molecule has 0 heterocycles. The van der Waals surface area contributed by atoms with E-state index in [9.17, 15) is 9.90 Å². The molecular weight excluding hydrogens is 240 g/mol. The van der Waals surface area contributed by atoms with Crippen molar-refractivity contribution in [1.29, 1.82) is 0 Å². The summed E-state index contributed by atoms with van der Waals surface area (Å²) in [6.07, 6.45) is 4.67. The van der Waals surface area contributed by atoms with Crippen LogP contribution in [0, 0.1) is 23.2 Å². The van der Waals surface area contributed by atoms with Crippen molar-refractivity contribution in [1.82, 2.24) is 0 Å². The molecule has 0 radical (unpaired) electrons. The predicted octanol–water partition coefficient (Wildman–Crippen LogP) is 2.91. The fourth-order valence-corrected chi connectivity index (χ4v) is 4.75. The highest BCUT2D eigenvalue weighted by Crippen LogP contribution is 2.61. The van der Waals surface area contributed by atoms with Crippen LogP contribution >= 0.6 is 0 Å². The van der Waals surface area contributed by atoms with E-state index in [4.69, 9.17) is 4.74 Å². The van der Waals surface area contributed by atoms with Crippen LogP contribution in [0.1, 0.15) is 59.8 Å². The molecule has 1 N–H and O–H groups in total. The molecule has 0 amide bonds. The van der Waals surface area contributed by atoms with Crippen molar-refractivity contribution in [2.24, 2.45) is 23.2 Å². The molecule has 0 aromatic carbocycles. The van der Waals surface area contributed by atoms with Crippen LogP contribution in [0.15, 0.2) is 0 Å². The van der Waals surface area contributed by atoms with E-state index in [1.54, 1.807) is 0 Å². The molecule has 0 aromatic heterocycles. The van der Waals surface area contributed by atoms with Crippen molar-refractivity contribution < 1.29 is 14.6 Å². The summed E-state index contributed by atoms with van der Waals surface area (Å²) in [6, 6.07) is 0. The Kier molecular flexibility index (Phi) is 2.65. The summed E-state index contributed by atoms with van der Waals surface area (Å²) < 4.78 is 5.93. The summed E-state index contributed by atoms with van der Waals surface area (Å²) in [5.74, 6) is 1.30. The first-order valence-corrected chi connectivity index (χ1v) is 7.59. The Bertz CT molecular complexity index is 411. The van der Waals surface area contributed by atoms with E-state index in [2.05, 4.69) is 6.92 Å². The normalized spacial score (nSPS) is 48.4. The summed E-state index contributed by atoms with van der Waals surface area (Å²) in [7, 11) is 0. The molecule has 0 spiro atoms. The van der Waals surface area contributed by atoms with Gasteiger partial charge in [-0.2, -0.15) is 0 Å². The van der Waals surface area contributed by atoms with Crippen LogP contribution in [0.5, 0.6) is 0 Å². The molecule has 0 aliphatic heterocycles. The van der Waals surface area contributed by atoms with Crippen molar-refractivity contribution >= 4 is 5.97 Å². The molecule has 5 atom stereocenters. The van der Waals surface area contributed by atoms with Gasteiger partial charge >= 0.3 is 5.97 Å². The number of rotatable bonds is 1. The standard InChI is InChI=1S/C16H26O3/c1-10-12-5-11-6-15(8-12,9-16(10,18)7-11)19-13(17)14(2,3)4/h10-12,18H,5-9H2,1-4H3. The zero-order valence-electron chi connectivity index (χ0n) is 12.5. The first kappa shape index (κ1) is 13.4. The molecular formula is C16H26O3. The minimum Gasteiger partial charge on any atom is -0.459 e. The lowest BCUT2D eigenvalue weighted by Gasteiger charge is -2.62. The highest BCUT2D eigenvalue weighted by atomic mass is 16.6. The second-order valence-corrected chi connectivity index (χ2v) is 8.37. The third-order valence-electron chi connectivity index (χ3n) is 5.68. The molecule has 4 fully saturated rings. The molecule has 4 bridgehead atoms. The van der Waals surface area contributed by atoms with Gasteiger partial charge in [0.2, 0.25) is 0 Å². The van der Waals surface area contributed by atoms with Gasteiger partial charge in [-0.05, 0) is 64.2 Å². The van der Waals surface area contributed by atoms with Gasteiger partial charge in [-0.3, -0.25) is 4.79 Å². The van der Waals surface area contributed by atoms with Crippen LogP contribution in [0.25, 0.3) is 0 Å². The smallest absolute Gasteiger partial charge is 0.311 e. The van der Waals surface area contributed by atoms with Crippen molar-refractivity contribution in [3.05, 3.63) is 0 Å². The van der Waals surface area contributed by atoms with Gasteiger partial charge in [-0.15, -0.1) is 0 Å². The van der Waals surface area contributed by atoms with Gasteiger partial charge in [0.1, 0.15) is 5.60 Å². The van der Waals surface area contributed by atoms with Crippen LogP contribution in [0.2, 0.25) is 0 Å². The van der Waals surface area contributed by atoms with E-state index in [1.165, 1.54) is 6.42 Å². The number of hydrogen-bond acceptors (Lipinski definition) is 3. The molecule has 108 valence electrons. The quantitative estimate of drug-likeness (QED) is 0.742. The molecule has 4 aliphatic rings. The minimum absolute atomic E-state index is 0.120. The number of carbonyl (C=O) groups is 1. The van der Waals surface area contributed by atoms with E-state index in [-0.39, 0.29) is 11.6 Å². The first-order chi connectivity index (χ1) is 8.64. The summed E-state index contributed by atoms with van der Waals surface area (Å²) in [5, 5.41) is 10.9. The van der Waals surface area contributed by atoms with Crippen molar-refractivity contribution in [3.8, 4) is 0 Å². The molecule has 0 aromatic rings. The predicted molar refractivity (Wildman–Crippen MR) is 72.5 cm³/mol. The van der Waals surface area contributed by atoms with Gasteiger partial charge in [0.25, 0.3) is 0 Å². The van der Waals surface area contributed by atoms with E-state index >= 15 is 0 Å². The zero-order chi connectivity index (χ0) is 14.1. The fraction of sp³-hybridized carbons (Fsp3) is 0.938. The molecule has 4 saturated carbocycles. The van der Waals surface area contributed by atoms with Gasteiger partial charge in [-0.1, -0.05) is 6.92 Å². The Morgan fingerprint density at radius 2 is 1.95 bits per heavy atom. The van der Waals surface area contributed by atoms with Crippen LogP contribution in [-0.4, -0.2) is 22.3 Å². The number of hydrogen-bond donors (Lipinski definition) is 1. The van der Waals surface area contributed by atoms with Crippen molar-refractivity contribution in [2.45, 2.75) is 71.0 Å². The maximum absolute atomic E-state index is 12.2. The van der Waals surface area contributed by atoms with Crippen LogP contribution in [-0.2, 0) is 9.53 Å². The van der Waals surface area contributed by atoms with Crippen LogP contribution < -0.4 is 0 Å². The Morgan fingerprint density at radius 1 is 1.26 bits per heavy atom. The number of ether oxygens (including phenoxy) is 1. The number of esters is 1. The van der Waals surface area contributed by atoms with Gasteiger partial charge in [0.05, 0.1) is 11.0 Å². The molecule has 19 heavy (non-hydrogen) atoms. The molecule has 0 saturated heterocycles. The van der Waals surface area contributed by atoms with Gasteiger partial charge in [-0.25, -0.2) is 0 Å². The maximum Gasteiger partial charge on any atom is 0.311 e. The average Bonchev–Trinajstić information content (AvgIpc) is 2.22. The maximum atomic E-state index is 12.2. The van der Waals surface area contributed by atoms with Crippen LogP contribution in [0.3, 0.4) is 0 Å². The third-order valence-corrected chi connectivity index (χ3v) is 5.68. The van der Waals surface area contributed by atoms with Crippen molar-refractivity contribution in [3.63, 3.8) is 0 Å². The third kappa shape index (κ3) is 2.01. The topological polar surface area (TPSA) is 46.5 Å². The summed E-state index contributed by atoms with van der Waals surface area (Å²) in [5.41, 5.74) is -1.43. The Morgan fingerprint density at radius 3 is 2.53 bits per heavy atom. The second kappa shape index (κ2) is 3.75. The Labute approximate surface area is 115 Å². The van der Waals surface area contributed by atoms with E-state index < -0.39 is 11.0 Å². The minimum atomic E-state index is -0.595. The lowest BCUT2D eigenvalue weighted by atomic mass is 9.48. The molecule has 3 heteroatoms. The summed E-state index contributed by atoms with van der Waals surface area (Å²) >= 11 is 0. The largest absolute Gasteiger partial charge is 0.459 e. The number of carbonyl (C=O) groups excluding carboxylic acids is 1. The van der Waals surface area contributed by atoms with E-state index in [0.29, 0.717) is 24.2 Å². The fourth-order valence-electron chi connectivity index (χ4n) is 4.75. The van der Waals surface area contributed by atoms with E-state index in [0.717, 1.165) is 19.3 Å². The monoisotopic (exact) mass is 266 g/mol.